The number of nitrogens with zero attached hydrogens (tertiary/aromatic N) is 2. The molecule has 0 aliphatic heterocycles. The van der Waals surface area contributed by atoms with Gasteiger partial charge in [0.2, 0.25) is 0 Å². The number of hydrogen-bond donors (Lipinski definition) is 1. The maximum absolute atomic E-state index is 6.03. The van der Waals surface area contributed by atoms with Crippen LogP contribution in [-0.4, -0.2) is 23.8 Å². The summed E-state index contributed by atoms with van der Waals surface area (Å²) in [5, 5.41) is 14.2. The van der Waals surface area contributed by atoms with Gasteiger partial charge in [-0.1, -0.05) is 38.9 Å². The van der Waals surface area contributed by atoms with Crippen LogP contribution in [0.25, 0.3) is 10.6 Å². The summed E-state index contributed by atoms with van der Waals surface area (Å²) in [6, 6.07) is 5.77. The van der Waals surface area contributed by atoms with Gasteiger partial charge in [-0.15, -0.1) is 10.2 Å². The Morgan fingerprint density at radius 3 is 2.89 bits per heavy atom. The molecule has 0 saturated heterocycles. The smallest absolute Gasteiger partial charge is 0.147 e. The van der Waals surface area contributed by atoms with Crippen LogP contribution >= 0.6 is 38.9 Å². The third-order valence-electron chi connectivity index (χ3n) is 2.39. The average molecular weight is 347 g/mol. The molecule has 3 nitrogen and oxygen atoms in total. The number of rotatable bonds is 5. The molecule has 1 N–H and O–H groups in total. The second-order valence-electron chi connectivity index (χ2n) is 3.87. The highest BCUT2D eigenvalue weighted by atomic mass is 79.9. The van der Waals surface area contributed by atoms with E-state index in [-0.39, 0.29) is 0 Å². The van der Waals surface area contributed by atoms with Gasteiger partial charge in [0, 0.05) is 21.5 Å². The average Bonchev–Trinajstić information content (AvgIpc) is 2.77. The van der Waals surface area contributed by atoms with E-state index in [1.165, 1.54) is 0 Å². The van der Waals surface area contributed by atoms with Crippen molar-refractivity contribution in [1.82, 2.24) is 15.5 Å². The van der Waals surface area contributed by atoms with Crippen molar-refractivity contribution in [3.05, 3.63) is 32.7 Å². The molecule has 1 heterocycles. The van der Waals surface area contributed by atoms with Crippen molar-refractivity contribution >= 4 is 38.9 Å². The lowest BCUT2D eigenvalue weighted by Crippen LogP contribution is -2.08. The number of hydrogen-bond acceptors (Lipinski definition) is 4. The van der Waals surface area contributed by atoms with Gasteiger partial charge in [0.15, 0.2) is 0 Å². The Morgan fingerprint density at radius 1 is 1.33 bits per heavy atom. The first-order valence-electron chi connectivity index (χ1n) is 5.62. The summed E-state index contributed by atoms with van der Waals surface area (Å²) in [7, 11) is 1.95. The predicted octanol–water partition coefficient (Wildman–Crippen LogP) is 3.77. The molecule has 0 amide bonds. The maximum atomic E-state index is 6.03. The highest BCUT2D eigenvalue weighted by Gasteiger charge is 2.08. The van der Waals surface area contributed by atoms with Gasteiger partial charge in [0.25, 0.3) is 0 Å². The van der Waals surface area contributed by atoms with Crippen molar-refractivity contribution in [2.75, 3.05) is 13.6 Å². The van der Waals surface area contributed by atoms with Crippen LogP contribution in [0.15, 0.2) is 22.7 Å². The number of nitrogens with one attached hydrogen (secondary N) is 1. The van der Waals surface area contributed by atoms with E-state index in [1.54, 1.807) is 11.3 Å². The van der Waals surface area contributed by atoms with Crippen molar-refractivity contribution < 1.29 is 0 Å². The molecule has 1 aromatic carbocycles. The predicted molar refractivity (Wildman–Crippen MR) is 80.3 cm³/mol. The van der Waals surface area contributed by atoms with E-state index in [2.05, 4.69) is 31.4 Å². The molecule has 0 atom stereocenters. The van der Waals surface area contributed by atoms with E-state index < -0.39 is 0 Å². The fourth-order valence-corrected chi connectivity index (χ4v) is 3.29. The minimum atomic E-state index is 0.700. The molecule has 0 radical (unpaired) electrons. The summed E-state index contributed by atoms with van der Waals surface area (Å²) in [5.74, 6) is 0. The third-order valence-corrected chi connectivity index (χ3v) is 4.10. The van der Waals surface area contributed by atoms with E-state index in [0.717, 1.165) is 39.4 Å². The molecule has 0 saturated carbocycles. The van der Waals surface area contributed by atoms with Gasteiger partial charge in [-0.3, -0.25) is 0 Å². The van der Waals surface area contributed by atoms with Crippen LogP contribution in [0.4, 0.5) is 0 Å². The minimum Gasteiger partial charge on any atom is -0.320 e. The van der Waals surface area contributed by atoms with Crippen LogP contribution in [0.2, 0.25) is 5.02 Å². The van der Waals surface area contributed by atoms with Gasteiger partial charge in [-0.25, -0.2) is 0 Å². The zero-order valence-electron chi connectivity index (χ0n) is 9.91. The van der Waals surface area contributed by atoms with Crippen molar-refractivity contribution in [1.29, 1.82) is 0 Å². The molecule has 0 bridgehead atoms. The fourth-order valence-electron chi connectivity index (χ4n) is 1.56. The number of aromatic nitrogens is 2. The van der Waals surface area contributed by atoms with E-state index in [1.807, 2.05) is 25.2 Å². The number of halogens is 2. The van der Waals surface area contributed by atoms with Crippen LogP contribution in [0.3, 0.4) is 0 Å². The van der Waals surface area contributed by atoms with Gasteiger partial charge < -0.3 is 5.32 Å². The summed E-state index contributed by atoms with van der Waals surface area (Å²) in [4.78, 5) is 0. The van der Waals surface area contributed by atoms with Gasteiger partial charge in [0.05, 0.1) is 0 Å². The molecule has 0 fully saturated rings. The quantitative estimate of drug-likeness (QED) is 0.837. The Morgan fingerprint density at radius 2 is 2.17 bits per heavy atom. The molecule has 2 rings (SSSR count). The van der Waals surface area contributed by atoms with Gasteiger partial charge in [0.1, 0.15) is 10.0 Å². The standard InChI is InChI=1S/C12H13BrClN3S/c1-15-4-2-3-11-16-17-12(18-11)8-5-9(13)7-10(14)6-8/h5-7,15H,2-4H2,1H3. The van der Waals surface area contributed by atoms with Crippen LogP contribution in [-0.2, 0) is 6.42 Å². The Bertz CT molecular complexity index is 510. The van der Waals surface area contributed by atoms with Crippen LogP contribution in [0, 0.1) is 0 Å². The third kappa shape index (κ3) is 3.75. The summed E-state index contributed by atoms with van der Waals surface area (Å²) in [5.41, 5.74) is 1.01. The molecular weight excluding hydrogens is 334 g/mol. The molecule has 6 heteroatoms. The summed E-state index contributed by atoms with van der Waals surface area (Å²) < 4.78 is 0.955. The molecule has 1 aromatic heterocycles. The lowest BCUT2D eigenvalue weighted by atomic mass is 10.2. The van der Waals surface area contributed by atoms with Crippen molar-refractivity contribution in [2.24, 2.45) is 0 Å². The van der Waals surface area contributed by atoms with Gasteiger partial charge >= 0.3 is 0 Å². The molecular formula is C12H13BrClN3S. The van der Waals surface area contributed by atoms with E-state index in [9.17, 15) is 0 Å². The molecule has 96 valence electrons. The molecule has 0 aliphatic carbocycles. The molecule has 0 unspecified atom stereocenters. The number of aryl methyl sites for hydroxylation is 1. The Kier molecular flexibility index (Phi) is 5.12. The van der Waals surface area contributed by atoms with E-state index >= 15 is 0 Å². The van der Waals surface area contributed by atoms with Crippen molar-refractivity contribution in [2.45, 2.75) is 12.8 Å². The molecule has 18 heavy (non-hydrogen) atoms. The normalized spacial score (nSPS) is 10.8. The maximum Gasteiger partial charge on any atom is 0.147 e. The van der Waals surface area contributed by atoms with Crippen LogP contribution in [0.1, 0.15) is 11.4 Å². The summed E-state index contributed by atoms with van der Waals surface area (Å²) >= 11 is 11.1. The summed E-state index contributed by atoms with van der Waals surface area (Å²) in [6.45, 7) is 0.998. The zero-order chi connectivity index (χ0) is 13.0. The summed E-state index contributed by atoms with van der Waals surface area (Å²) in [6.07, 6.45) is 2.03. The lowest BCUT2D eigenvalue weighted by molar-refractivity contribution is 0.718. The highest BCUT2D eigenvalue weighted by molar-refractivity contribution is 9.10. The minimum absolute atomic E-state index is 0.700. The zero-order valence-corrected chi connectivity index (χ0v) is 13.1. The first-order valence-corrected chi connectivity index (χ1v) is 7.61. The van der Waals surface area contributed by atoms with Crippen LogP contribution < -0.4 is 5.32 Å². The van der Waals surface area contributed by atoms with Gasteiger partial charge in [-0.2, -0.15) is 0 Å². The number of benzene rings is 1. The van der Waals surface area contributed by atoms with E-state index in [0.29, 0.717) is 5.02 Å². The second kappa shape index (κ2) is 6.61. The molecule has 0 aliphatic rings. The molecule has 0 spiro atoms. The first kappa shape index (κ1) is 13.9. The lowest BCUT2D eigenvalue weighted by Gasteiger charge is -1.98. The first-order chi connectivity index (χ1) is 8.69. The monoisotopic (exact) mass is 345 g/mol. The Balaban J connectivity index is 2.13. The van der Waals surface area contributed by atoms with Crippen molar-refractivity contribution in [3.63, 3.8) is 0 Å². The SMILES string of the molecule is CNCCCc1nnc(-c2cc(Cl)cc(Br)c2)s1. The van der Waals surface area contributed by atoms with E-state index in [4.69, 9.17) is 11.6 Å². The highest BCUT2D eigenvalue weighted by Crippen LogP contribution is 2.29. The van der Waals surface area contributed by atoms with Gasteiger partial charge in [-0.05, 0) is 38.2 Å². The van der Waals surface area contributed by atoms with Crippen LogP contribution in [0.5, 0.6) is 0 Å². The second-order valence-corrected chi connectivity index (χ2v) is 6.28. The fraction of sp³-hybridized carbons (Fsp3) is 0.333. The molecule has 2 aromatic rings. The topological polar surface area (TPSA) is 37.8 Å². The largest absolute Gasteiger partial charge is 0.320 e. The van der Waals surface area contributed by atoms with Crippen molar-refractivity contribution in [3.8, 4) is 10.6 Å². The Labute approximate surface area is 124 Å². The Hall–Kier alpha value is -0.490.